The number of rotatable bonds is 4. The number of imidazole rings is 1. The number of aryl methyl sites for hydroxylation is 1. The van der Waals surface area contributed by atoms with Gasteiger partial charge in [0, 0.05) is 6.54 Å². The van der Waals surface area contributed by atoms with E-state index in [1.807, 2.05) is 30.7 Å². The second kappa shape index (κ2) is 5.67. The lowest BCUT2D eigenvalue weighted by Gasteiger charge is -2.11. The van der Waals surface area contributed by atoms with Crippen LogP contribution in [0.1, 0.15) is 12.6 Å². The Morgan fingerprint density at radius 2 is 2.05 bits per heavy atom. The van der Waals surface area contributed by atoms with Gasteiger partial charge in [0.15, 0.2) is 0 Å². The van der Waals surface area contributed by atoms with Crippen LogP contribution < -0.4 is 4.74 Å². The van der Waals surface area contributed by atoms with Gasteiger partial charge in [-0.25, -0.2) is 4.98 Å². The smallest absolute Gasteiger partial charge is 0.134 e. The van der Waals surface area contributed by atoms with E-state index in [-0.39, 0.29) is 0 Å². The Morgan fingerprint density at radius 3 is 2.90 bits per heavy atom. The first kappa shape index (κ1) is 13.2. The van der Waals surface area contributed by atoms with Gasteiger partial charge >= 0.3 is 0 Å². The maximum Gasteiger partial charge on any atom is 0.134 e. The lowest BCUT2D eigenvalue weighted by Crippen LogP contribution is -2.04. The third kappa shape index (κ3) is 2.43. The molecule has 20 heavy (non-hydrogen) atoms. The van der Waals surface area contributed by atoms with Gasteiger partial charge < -0.3 is 9.30 Å². The van der Waals surface area contributed by atoms with E-state index in [0.717, 1.165) is 27.8 Å². The number of benzene rings is 2. The summed E-state index contributed by atoms with van der Waals surface area (Å²) in [4.78, 5) is 4.15. The highest BCUT2D eigenvalue weighted by molar-refractivity contribution is 9.10. The van der Waals surface area contributed by atoms with Crippen LogP contribution in [0.3, 0.4) is 0 Å². The van der Waals surface area contributed by atoms with Crippen molar-refractivity contribution in [3.8, 4) is 5.75 Å². The van der Waals surface area contributed by atoms with Gasteiger partial charge in [-0.3, -0.25) is 0 Å². The Labute approximate surface area is 126 Å². The fourth-order valence-electron chi connectivity index (χ4n) is 2.23. The van der Waals surface area contributed by atoms with E-state index in [2.05, 4.69) is 50.6 Å². The minimum Gasteiger partial charge on any atom is -0.486 e. The Kier molecular flexibility index (Phi) is 3.74. The topological polar surface area (TPSA) is 27.1 Å². The maximum absolute atomic E-state index is 5.92. The predicted molar refractivity (Wildman–Crippen MR) is 83.9 cm³/mol. The van der Waals surface area contributed by atoms with Gasteiger partial charge in [-0.15, -0.1) is 0 Å². The van der Waals surface area contributed by atoms with Crippen LogP contribution in [0, 0.1) is 0 Å². The molecule has 0 fully saturated rings. The van der Waals surface area contributed by atoms with Crippen LogP contribution in [-0.4, -0.2) is 9.55 Å². The molecule has 0 radical (unpaired) electrons. The fourth-order valence-corrected chi connectivity index (χ4v) is 2.84. The third-order valence-electron chi connectivity index (χ3n) is 3.34. The zero-order chi connectivity index (χ0) is 13.9. The number of ether oxygens (including phenoxy) is 1. The molecule has 0 atom stereocenters. The largest absolute Gasteiger partial charge is 0.486 e. The lowest BCUT2D eigenvalue weighted by molar-refractivity contribution is 0.294. The molecular formula is C16H15BrN2O. The third-order valence-corrected chi connectivity index (χ3v) is 4.16. The number of halogens is 1. The van der Waals surface area contributed by atoms with Crippen LogP contribution >= 0.6 is 15.9 Å². The first-order chi connectivity index (χ1) is 9.79. The summed E-state index contributed by atoms with van der Waals surface area (Å²) in [6.07, 6.45) is 3.67. The van der Waals surface area contributed by atoms with Crippen LogP contribution in [0.2, 0.25) is 0 Å². The monoisotopic (exact) mass is 330 g/mol. The summed E-state index contributed by atoms with van der Waals surface area (Å²) in [5.41, 5.74) is 1.08. The molecule has 3 aromatic rings. The van der Waals surface area contributed by atoms with Crippen molar-refractivity contribution >= 4 is 26.7 Å². The van der Waals surface area contributed by atoms with Gasteiger partial charge in [-0.1, -0.05) is 30.3 Å². The zero-order valence-electron chi connectivity index (χ0n) is 11.2. The zero-order valence-corrected chi connectivity index (χ0v) is 12.8. The van der Waals surface area contributed by atoms with Gasteiger partial charge in [-0.2, -0.15) is 0 Å². The Bertz CT molecular complexity index is 736. The SMILES string of the molecule is CCn1cncc1COc1ccc2ccccc2c1Br. The van der Waals surface area contributed by atoms with Gasteiger partial charge in [0.1, 0.15) is 12.4 Å². The molecule has 0 aliphatic carbocycles. The van der Waals surface area contributed by atoms with Gasteiger partial charge in [0.05, 0.1) is 22.7 Å². The molecule has 2 aromatic carbocycles. The van der Waals surface area contributed by atoms with Crippen molar-refractivity contribution < 1.29 is 4.74 Å². The van der Waals surface area contributed by atoms with E-state index in [0.29, 0.717) is 6.61 Å². The number of aromatic nitrogens is 2. The summed E-state index contributed by atoms with van der Waals surface area (Å²) in [5, 5.41) is 2.36. The Hall–Kier alpha value is -1.81. The van der Waals surface area contributed by atoms with Crippen LogP contribution in [-0.2, 0) is 13.2 Å². The van der Waals surface area contributed by atoms with Crippen molar-refractivity contribution in [2.24, 2.45) is 0 Å². The maximum atomic E-state index is 5.92. The van der Waals surface area contributed by atoms with Crippen molar-refractivity contribution in [2.45, 2.75) is 20.1 Å². The molecule has 1 heterocycles. The average molecular weight is 331 g/mol. The number of hydrogen-bond donors (Lipinski definition) is 0. The molecular weight excluding hydrogens is 316 g/mol. The molecule has 3 nitrogen and oxygen atoms in total. The molecule has 0 aliphatic heterocycles. The van der Waals surface area contributed by atoms with Gasteiger partial charge in [-0.05, 0) is 39.7 Å². The molecule has 1 aromatic heterocycles. The molecule has 0 saturated heterocycles. The molecule has 0 spiro atoms. The van der Waals surface area contributed by atoms with Crippen LogP contribution in [0.4, 0.5) is 0 Å². The number of fused-ring (bicyclic) bond motifs is 1. The molecule has 0 aliphatic rings. The van der Waals surface area contributed by atoms with Crippen LogP contribution in [0.15, 0.2) is 53.4 Å². The fraction of sp³-hybridized carbons (Fsp3) is 0.188. The summed E-state index contributed by atoms with van der Waals surface area (Å²) in [7, 11) is 0. The molecule has 0 saturated carbocycles. The van der Waals surface area contributed by atoms with Crippen molar-refractivity contribution in [1.29, 1.82) is 0 Å². The highest BCUT2D eigenvalue weighted by Gasteiger charge is 2.07. The molecule has 102 valence electrons. The van der Waals surface area contributed by atoms with E-state index >= 15 is 0 Å². The molecule has 0 bridgehead atoms. The number of nitrogens with zero attached hydrogens (tertiary/aromatic N) is 2. The van der Waals surface area contributed by atoms with E-state index in [4.69, 9.17) is 4.74 Å². The Balaban J connectivity index is 1.86. The Morgan fingerprint density at radius 1 is 1.20 bits per heavy atom. The van der Waals surface area contributed by atoms with Crippen molar-refractivity contribution in [1.82, 2.24) is 9.55 Å². The molecule has 0 N–H and O–H groups in total. The minimum absolute atomic E-state index is 0.519. The van der Waals surface area contributed by atoms with E-state index in [1.165, 1.54) is 5.39 Å². The highest BCUT2D eigenvalue weighted by atomic mass is 79.9. The summed E-state index contributed by atoms with van der Waals surface area (Å²) in [6, 6.07) is 12.3. The quantitative estimate of drug-likeness (QED) is 0.709. The van der Waals surface area contributed by atoms with E-state index in [9.17, 15) is 0 Å². The van der Waals surface area contributed by atoms with Crippen molar-refractivity contribution in [3.05, 3.63) is 59.1 Å². The molecule has 0 amide bonds. The van der Waals surface area contributed by atoms with E-state index in [1.54, 1.807) is 0 Å². The second-order valence-electron chi connectivity index (χ2n) is 4.56. The molecule has 0 unspecified atom stereocenters. The lowest BCUT2D eigenvalue weighted by atomic mass is 10.1. The summed E-state index contributed by atoms with van der Waals surface area (Å²) < 4.78 is 9.00. The van der Waals surface area contributed by atoms with Crippen LogP contribution in [0.5, 0.6) is 5.75 Å². The standard InChI is InChI=1S/C16H15BrN2O/c1-2-19-11-18-9-13(19)10-20-15-8-7-12-5-3-4-6-14(12)16(15)17/h3-9,11H,2,10H2,1H3. The minimum atomic E-state index is 0.519. The van der Waals surface area contributed by atoms with Gasteiger partial charge in [0.25, 0.3) is 0 Å². The first-order valence-electron chi connectivity index (χ1n) is 6.58. The highest BCUT2D eigenvalue weighted by Crippen LogP contribution is 2.33. The number of hydrogen-bond acceptors (Lipinski definition) is 2. The average Bonchev–Trinajstić information content (AvgIpc) is 2.94. The molecule has 3 rings (SSSR count). The first-order valence-corrected chi connectivity index (χ1v) is 7.38. The van der Waals surface area contributed by atoms with Gasteiger partial charge in [0.2, 0.25) is 0 Å². The predicted octanol–water partition coefficient (Wildman–Crippen LogP) is 4.40. The summed E-state index contributed by atoms with van der Waals surface area (Å²) in [6.45, 7) is 3.51. The second-order valence-corrected chi connectivity index (χ2v) is 5.35. The van der Waals surface area contributed by atoms with Crippen LogP contribution in [0.25, 0.3) is 10.8 Å². The van der Waals surface area contributed by atoms with E-state index < -0.39 is 0 Å². The molecule has 4 heteroatoms. The van der Waals surface area contributed by atoms with Crippen molar-refractivity contribution in [3.63, 3.8) is 0 Å². The summed E-state index contributed by atoms with van der Waals surface area (Å²) in [5.74, 6) is 0.854. The normalized spacial score (nSPS) is 10.9. The van der Waals surface area contributed by atoms with Crippen molar-refractivity contribution in [2.75, 3.05) is 0 Å². The summed E-state index contributed by atoms with van der Waals surface area (Å²) >= 11 is 3.63.